The molecule has 0 unspecified atom stereocenters. The highest BCUT2D eigenvalue weighted by Gasteiger charge is 2.10. The summed E-state index contributed by atoms with van der Waals surface area (Å²) in [6.45, 7) is 5.36. The Kier molecular flexibility index (Phi) is 21.2. The molecule has 0 aromatic heterocycles. The number of ether oxygens (including phenoxy) is 4. The number of carbonyl (C=O) groups excluding carboxylic acids is 8. The van der Waals surface area contributed by atoms with Crippen LogP contribution >= 0.6 is 0 Å². The fraction of sp³-hybridized carbons (Fsp3) is 0.200. The summed E-state index contributed by atoms with van der Waals surface area (Å²) in [7, 11) is 0. The van der Waals surface area contributed by atoms with Crippen molar-refractivity contribution in [2.24, 2.45) is 0 Å². The van der Waals surface area contributed by atoms with Gasteiger partial charge in [-0.2, -0.15) is 0 Å². The largest absolute Gasteiger partial charge is 0.455 e. The lowest BCUT2D eigenvalue weighted by molar-refractivity contribution is -0.154. The normalized spacial score (nSPS) is 9.31. The number of rotatable bonds is 12. The zero-order valence-electron chi connectivity index (χ0n) is 29.3. The van der Waals surface area contributed by atoms with Gasteiger partial charge in [0.2, 0.25) is 23.1 Å². The summed E-state index contributed by atoms with van der Waals surface area (Å²) in [6, 6.07) is 36.9. The summed E-state index contributed by atoms with van der Waals surface area (Å²) in [4.78, 5) is 84.9. The van der Waals surface area contributed by atoms with Crippen LogP contribution in [0.25, 0.3) is 0 Å². The fourth-order valence-electron chi connectivity index (χ4n) is 3.30. The molecule has 4 aromatic carbocycles. The summed E-state index contributed by atoms with van der Waals surface area (Å²) >= 11 is 0. The number of esters is 4. The maximum Gasteiger partial charge on any atom is 0.374 e. The molecule has 0 fully saturated rings. The van der Waals surface area contributed by atoms with Crippen LogP contribution in [0, 0.1) is 0 Å². The molecule has 0 aliphatic carbocycles. The van der Waals surface area contributed by atoms with Crippen molar-refractivity contribution in [2.45, 2.75) is 54.1 Å². The van der Waals surface area contributed by atoms with Crippen LogP contribution in [0.1, 0.15) is 49.9 Å². The Morgan fingerprint density at radius 2 is 0.462 bits per heavy atom. The van der Waals surface area contributed by atoms with E-state index in [0.29, 0.717) is 0 Å². The van der Waals surface area contributed by atoms with E-state index in [1.165, 1.54) is 27.7 Å². The van der Waals surface area contributed by atoms with Gasteiger partial charge >= 0.3 is 23.9 Å². The van der Waals surface area contributed by atoms with Crippen molar-refractivity contribution in [1.82, 2.24) is 0 Å². The molecule has 0 amide bonds. The third-order valence-corrected chi connectivity index (χ3v) is 6.00. The third-order valence-electron chi connectivity index (χ3n) is 6.00. The van der Waals surface area contributed by atoms with Crippen LogP contribution in [0.4, 0.5) is 0 Å². The molecule has 0 N–H and O–H groups in total. The molecule has 0 aliphatic heterocycles. The van der Waals surface area contributed by atoms with Gasteiger partial charge in [0.1, 0.15) is 26.4 Å². The first kappa shape index (κ1) is 43.5. The highest BCUT2D eigenvalue weighted by molar-refractivity contribution is 6.33. The van der Waals surface area contributed by atoms with Crippen LogP contribution in [0.2, 0.25) is 0 Å². The molecule has 0 saturated carbocycles. The van der Waals surface area contributed by atoms with Gasteiger partial charge in [0.15, 0.2) is 0 Å². The van der Waals surface area contributed by atoms with Gasteiger partial charge in [-0.25, -0.2) is 19.2 Å². The summed E-state index contributed by atoms with van der Waals surface area (Å²) in [6.07, 6.45) is 0. The molecular formula is C40H40O12. The van der Waals surface area contributed by atoms with Gasteiger partial charge in [-0.3, -0.25) is 19.2 Å². The van der Waals surface area contributed by atoms with Crippen molar-refractivity contribution in [3.8, 4) is 0 Å². The molecule has 0 spiro atoms. The molecule has 4 aromatic rings. The molecule has 272 valence electrons. The second-order valence-electron chi connectivity index (χ2n) is 10.5. The van der Waals surface area contributed by atoms with E-state index in [9.17, 15) is 38.4 Å². The lowest BCUT2D eigenvalue weighted by atomic mass is 10.2. The Labute approximate surface area is 301 Å². The number of benzene rings is 4. The van der Waals surface area contributed by atoms with E-state index < -0.39 is 47.0 Å². The molecule has 0 atom stereocenters. The molecule has 0 saturated heterocycles. The van der Waals surface area contributed by atoms with E-state index >= 15 is 0 Å². The van der Waals surface area contributed by atoms with Gasteiger partial charge in [-0.15, -0.1) is 0 Å². The first-order valence-corrected chi connectivity index (χ1v) is 15.7. The van der Waals surface area contributed by atoms with Gasteiger partial charge in [-0.05, 0) is 22.3 Å². The van der Waals surface area contributed by atoms with Crippen LogP contribution in [0.15, 0.2) is 121 Å². The quantitative estimate of drug-likeness (QED) is 0.0804. The Balaban J connectivity index is 0.000000347. The smallest absolute Gasteiger partial charge is 0.374 e. The molecular weight excluding hydrogens is 678 g/mol. The van der Waals surface area contributed by atoms with Gasteiger partial charge in [0, 0.05) is 27.7 Å². The predicted octanol–water partition coefficient (Wildman–Crippen LogP) is 5.28. The summed E-state index contributed by atoms with van der Waals surface area (Å²) in [5.74, 6) is -5.45. The van der Waals surface area contributed by atoms with Crippen molar-refractivity contribution in [1.29, 1.82) is 0 Å². The number of hydrogen-bond donors (Lipinski definition) is 0. The van der Waals surface area contributed by atoms with E-state index in [4.69, 9.17) is 18.9 Å². The first-order chi connectivity index (χ1) is 24.8. The molecule has 12 heteroatoms. The number of carbonyl (C=O) groups is 8. The average molecular weight is 719 g/mol. The summed E-state index contributed by atoms with van der Waals surface area (Å²) < 4.78 is 18.8. The third kappa shape index (κ3) is 20.7. The number of ketones is 4. The lowest BCUT2D eigenvalue weighted by Gasteiger charge is -2.01. The minimum atomic E-state index is -0.788. The highest BCUT2D eigenvalue weighted by Crippen LogP contribution is 2.03. The topological polar surface area (TPSA) is 173 Å². The Hall–Kier alpha value is -6.56. The van der Waals surface area contributed by atoms with E-state index in [-0.39, 0.29) is 26.4 Å². The van der Waals surface area contributed by atoms with Gasteiger partial charge in [0.25, 0.3) is 0 Å². The zero-order chi connectivity index (χ0) is 38.7. The van der Waals surface area contributed by atoms with Crippen molar-refractivity contribution in [3.63, 3.8) is 0 Å². The minimum Gasteiger partial charge on any atom is -0.455 e. The second-order valence-corrected chi connectivity index (χ2v) is 10.5. The Morgan fingerprint density at radius 1 is 0.308 bits per heavy atom. The van der Waals surface area contributed by atoms with Crippen LogP contribution in [-0.4, -0.2) is 47.0 Å². The molecule has 0 aliphatic rings. The molecule has 4 rings (SSSR count). The van der Waals surface area contributed by atoms with Crippen molar-refractivity contribution in [3.05, 3.63) is 144 Å². The van der Waals surface area contributed by atoms with E-state index in [2.05, 4.69) is 0 Å². The Morgan fingerprint density at radius 3 is 0.596 bits per heavy atom. The van der Waals surface area contributed by atoms with Gasteiger partial charge < -0.3 is 18.9 Å². The molecule has 12 nitrogen and oxygen atoms in total. The minimum absolute atomic E-state index is 0.152. The van der Waals surface area contributed by atoms with E-state index in [1.54, 1.807) is 0 Å². The SMILES string of the molecule is C[13C](=O)C(=O)OCc1ccccc1.[13CH3]C(=O)C(=O)OCc1ccccc1.[13CH3]C(=O)[13C](=O)OCc1ccccc1.[13CH3][13C](=O)C(=O)OCc1ccccc1. The summed E-state index contributed by atoms with van der Waals surface area (Å²) in [5, 5.41) is 0. The lowest BCUT2D eigenvalue weighted by Crippen LogP contribution is -2.13. The maximum atomic E-state index is 10.7. The van der Waals surface area contributed by atoms with Crippen LogP contribution in [-0.2, 0) is 83.7 Å². The van der Waals surface area contributed by atoms with Crippen molar-refractivity contribution >= 4 is 47.0 Å². The highest BCUT2D eigenvalue weighted by atomic mass is 16.6. The zero-order valence-corrected chi connectivity index (χ0v) is 29.3. The predicted molar refractivity (Wildman–Crippen MR) is 188 cm³/mol. The Bertz CT molecular complexity index is 1470. The summed E-state index contributed by atoms with van der Waals surface area (Å²) in [5.41, 5.74) is 3.49. The van der Waals surface area contributed by atoms with E-state index in [0.717, 1.165) is 22.3 Å². The van der Waals surface area contributed by atoms with E-state index in [1.807, 2.05) is 121 Å². The number of hydrogen-bond acceptors (Lipinski definition) is 12. The monoisotopic (exact) mass is 718 g/mol. The van der Waals surface area contributed by atoms with Crippen LogP contribution < -0.4 is 0 Å². The van der Waals surface area contributed by atoms with Crippen LogP contribution in [0.5, 0.6) is 0 Å². The maximum absolute atomic E-state index is 10.7. The molecule has 0 heterocycles. The van der Waals surface area contributed by atoms with Crippen LogP contribution in [0.3, 0.4) is 0 Å². The fourth-order valence-corrected chi connectivity index (χ4v) is 3.30. The average Bonchev–Trinajstić information content (AvgIpc) is 3.16. The second kappa shape index (κ2) is 25.4. The van der Waals surface area contributed by atoms with Crippen molar-refractivity contribution in [2.75, 3.05) is 0 Å². The molecule has 0 radical (unpaired) electrons. The van der Waals surface area contributed by atoms with Crippen molar-refractivity contribution < 1.29 is 57.3 Å². The standard InChI is InChI=1S/4C10H10O3/c4*1-8(11)10(12)13-7-9-5-3-2-4-6-9/h4*2-6H,7H2,1H3/i1+1,10+1;1+1,8+1;8+1;1+1. The first-order valence-electron chi connectivity index (χ1n) is 15.7. The van der Waals surface area contributed by atoms with Gasteiger partial charge in [-0.1, -0.05) is 121 Å². The molecule has 52 heavy (non-hydrogen) atoms. The van der Waals surface area contributed by atoms with Gasteiger partial charge in [0.05, 0.1) is 0 Å². The molecule has 0 bridgehead atoms. The number of Topliss-reactive ketones (excluding diaryl/α,β-unsaturated/α-hetero) is 4.